The molecule has 2 aromatic carbocycles. The summed E-state index contributed by atoms with van der Waals surface area (Å²) in [5, 5.41) is 5.10. The second-order valence-electron chi connectivity index (χ2n) is 11.6. The number of nitrogens with zero attached hydrogens (tertiary/aromatic N) is 1. The van der Waals surface area contributed by atoms with E-state index in [9.17, 15) is 4.79 Å². The Kier molecular flexibility index (Phi) is 8.40. The van der Waals surface area contributed by atoms with E-state index in [-0.39, 0.29) is 29.3 Å². The van der Waals surface area contributed by atoms with Gasteiger partial charge in [0.15, 0.2) is 5.69 Å². The van der Waals surface area contributed by atoms with Crippen molar-refractivity contribution in [1.82, 2.24) is 4.98 Å². The van der Waals surface area contributed by atoms with Crippen molar-refractivity contribution in [2.75, 3.05) is 20.8 Å². The number of aromatic nitrogens is 1. The minimum atomic E-state index is -2.64. The normalized spacial score (nSPS) is 25.3. The van der Waals surface area contributed by atoms with Crippen molar-refractivity contribution >= 4 is 36.0 Å². The summed E-state index contributed by atoms with van der Waals surface area (Å²) in [6.07, 6.45) is 2.74. The van der Waals surface area contributed by atoms with Gasteiger partial charge in [0.1, 0.15) is 11.1 Å². The molecular weight excluding hydrogens is 526 g/mol. The van der Waals surface area contributed by atoms with Gasteiger partial charge in [-0.3, -0.25) is 0 Å². The van der Waals surface area contributed by atoms with Crippen molar-refractivity contribution in [3.63, 3.8) is 0 Å². The van der Waals surface area contributed by atoms with E-state index in [2.05, 4.69) is 86.4 Å². The predicted molar refractivity (Wildman–Crippen MR) is 156 cm³/mol. The highest BCUT2D eigenvalue weighted by atomic mass is 32.1. The first kappa shape index (κ1) is 28.2. The maximum Gasteiger partial charge on any atom is 0.357 e. The van der Waals surface area contributed by atoms with Crippen LogP contribution in [0.3, 0.4) is 0 Å². The van der Waals surface area contributed by atoms with Crippen LogP contribution in [-0.2, 0) is 18.6 Å². The second kappa shape index (κ2) is 11.6. The molecule has 5 rings (SSSR count). The molecule has 2 heterocycles. The zero-order chi connectivity index (χ0) is 27.6. The van der Waals surface area contributed by atoms with E-state index in [0.717, 1.165) is 24.3 Å². The van der Waals surface area contributed by atoms with Crippen molar-refractivity contribution in [3.05, 3.63) is 76.7 Å². The van der Waals surface area contributed by atoms with Crippen LogP contribution in [0, 0.1) is 11.8 Å². The zero-order valence-corrected chi connectivity index (χ0v) is 25.3. The van der Waals surface area contributed by atoms with Crippen molar-refractivity contribution < 1.29 is 23.4 Å². The van der Waals surface area contributed by atoms with Gasteiger partial charge >= 0.3 is 5.97 Å². The summed E-state index contributed by atoms with van der Waals surface area (Å²) in [4.78, 5) is 16.4. The minimum Gasteiger partial charge on any atom is -0.464 e. The fourth-order valence-corrected chi connectivity index (χ4v) is 12.1. The number of methoxy groups -OCH3 is 2. The van der Waals surface area contributed by atoms with Crippen LogP contribution >= 0.6 is 11.3 Å². The lowest BCUT2D eigenvalue weighted by molar-refractivity contribution is -0.0814. The molecule has 208 valence electrons. The number of rotatable bonds is 8. The summed E-state index contributed by atoms with van der Waals surface area (Å²) in [6, 6.07) is 21.6. The standard InChI is InChI=1S/C31H39NO5SSi/c1-31(2,3)39(21-12-8-6-9-13-21,22-14-10-7-11-15-22)36-19-24-23-16-17-26(37-28(23)18-27(24)34-4)29-32-25(20-38-29)30(33)35-5/h6-15,20,23-24,26-28H,16-19H2,1-5H3/t23-,24-,26-,27-,28+/m1/s1. The van der Waals surface area contributed by atoms with Crippen LogP contribution in [0.4, 0.5) is 0 Å². The molecule has 0 radical (unpaired) electrons. The third kappa shape index (κ3) is 5.37. The number of carbonyl (C=O) groups is 1. The SMILES string of the molecule is COC(=O)c1csc([C@H]2CC[C@@H]3[C@@H](CO[Si](c4ccccc4)(c4ccccc4)C(C)(C)C)[C@H](OC)C[C@@H]3O2)n1. The Morgan fingerprint density at radius 3 is 2.23 bits per heavy atom. The number of hydrogen-bond acceptors (Lipinski definition) is 7. The summed E-state index contributed by atoms with van der Waals surface area (Å²) >= 11 is 1.47. The highest BCUT2D eigenvalue weighted by molar-refractivity contribution is 7.09. The molecule has 0 spiro atoms. The third-order valence-corrected chi connectivity index (χ3v) is 14.4. The molecule has 3 aromatic rings. The van der Waals surface area contributed by atoms with Gasteiger partial charge in [-0.15, -0.1) is 11.3 Å². The van der Waals surface area contributed by atoms with Crippen LogP contribution in [-0.4, -0.2) is 52.3 Å². The molecule has 1 aromatic heterocycles. The van der Waals surface area contributed by atoms with E-state index < -0.39 is 14.3 Å². The van der Waals surface area contributed by atoms with Gasteiger partial charge in [-0.25, -0.2) is 9.78 Å². The van der Waals surface area contributed by atoms with E-state index in [1.165, 1.54) is 28.8 Å². The van der Waals surface area contributed by atoms with Crippen molar-refractivity contribution in [2.24, 2.45) is 11.8 Å². The first-order chi connectivity index (χ1) is 18.8. The van der Waals surface area contributed by atoms with E-state index >= 15 is 0 Å². The van der Waals surface area contributed by atoms with Crippen LogP contribution in [0.15, 0.2) is 66.0 Å². The van der Waals surface area contributed by atoms with Gasteiger partial charge in [0, 0.05) is 31.4 Å². The molecule has 0 amide bonds. The third-order valence-electron chi connectivity index (χ3n) is 8.47. The molecule has 2 aliphatic rings. The predicted octanol–water partition coefficient (Wildman–Crippen LogP) is 5.38. The summed E-state index contributed by atoms with van der Waals surface area (Å²) in [6.45, 7) is 7.57. The first-order valence-electron chi connectivity index (χ1n) is 13.8. The fraction of sp³-hybridized carbons (Fsp3) is 0.484. The largest absolute Gasteiger partial charge is 0.464 e. The van der Waals surface area contributed by atoms with Crippen molar-refractivity contribution in [3.8, 4) is 0 Å². The molecule has 1 saturated carbocycles. The zero-order valence-electron chi connectivity index (χ0n) is 23.5. The van der Waals surface area contributed by atoms with Crippen LogP contribution in [0.2, 0.25) is 5.04 Å². The number of esters is 1. The molecule has 8 heteroatoms. The average molecular weight is 566 g/mol. The number of benzene rings is 2. The summed E-state index contributed by atoms with van der Waals surface area (Å²) in [5.41, 5.74) is 0.348. The van der Waals surface area contributed by atoms with E-state index in [0.29, 0.717) is 18.2 Å². The molecule has 1 aliphatic heterocycles. The molecule has 39 heavy (non-hydrogen) atoms. The topological polar surface area (TPSA) is 66.9 Å². The van der Waals surface area contributed by atoms with Crippen molar-refractivity contribution in [2.45, 2.75) is 63.4 Å². The molecule has 6 nitrogen and oxygen atoms in total. The quantitative estimate of drug-likeness (QED) is 0.270. The number of hydrogen-bond donors (Lipinski definition) is 0. The minimum absolute atomic E-state index is 0.0684. The lowest BCUT2D eigenvalue weighted by Crippen LogP contribution is -2.67. The number of ether oxygens (including phenoxy) is 3. The smallest absolute Gasteiger partial charge is 0.357 e. The van der Waals surface area contributed by atoms with Gasteiger partial charge in [-0.05, 0) is 34.2 Å². The summed E-state index contributed by atoms with van der Waals surface area (Å²) in [5.74, 6) is 0.182. The Morgan fingerprint density at radius 1 is 1.03 bits per heavy atom. The van der Waals surface area contributed by atoms with E-state index in [1.807, 2.05) is 0 Å². The van der Waals surface area contributed by atoms with Gasteiger partial charge in [0.25, 0.3) is 8.32 Å². The number of fused-ring (bicyclic) bond motifs is 1. The van der Waals surface area contributed by atoms with Gasteiger partial charge in [0.05, 0.1) is 19.3 Å². The van der Waals surface area contributed by atoms with Gasteiger partial charge in [-0.2, -0.15) is 0 Å². The Balaban J connectivity index is 1.39. The maximum absolute atomic E-state index is 11.9. The Morgan fingerprint density at radius 2 is 1.67 bits per heavy atom. The lowest BCUT2D eigenvalue weighted by Gasteiger charge is -2.44. The highest BCUT2D eigenvalue weighted by Gasteiger charge is 2.53. The number of thiazole rings is 1. The van der Waals surface area contributed by atoms with Gasteiger partial charge in [-0.1, -0.05) is 81.4 Å². The molecule has 1 aliphatic carbocycles. The molecule has 0 unspecified atom stereocenters. The fourth-order valence-electron chi connectivity index (χ4n) is 6.61. The first-order valence-corrected chi connectivity index (χ1v) is 16.5. The Hall–Kier alpha value is -2.36. The summed E-state index contributed by atoms with van der Waals surface area (Å²) in [7, 11) is 0.539. The summed E-state index contributed by atoms with van der Waals surface area (Å²) < 4.78 is 24.8. The molecule has 0 bridgehead atoms. The second-order valence-corrected chi connectivity index (χ2v) is 16.8. The van der Waals surface area contributed by atoms with Crippen molar-refractivity contribution in [1.29, 1.82) is 0 Å². The monoisotopic (exact) mass is 565 g/mol. The van der Waals surface area contributed by atoms with Crippen LogP contribution < -0.4 is 10.4 Å². The average Bonchev–Trinajstić information content (AvgIpc) is 3.58. The molecule has 1 saturated heterocycles. The van der Waals surface area contributed by atoms with Crippen LogP contribution in [0.1, 0.15) is 61.6 Å². The lowest BCUT2D eigenvalue weighted by atomic mass is 9.87. The van der Waals surface area contributed by atoms with Crippen LogP contribution in [0.5, 0.6) is 0 Å². The molecular formula is C31H39NO5SSi. The Bertz CT molecular complexity index is 1210. The number of carbonyl (C=O) groups excluding carboxylic acids is 1. The highest BCUT2D eigenvalue weighted by Crippen LogP contribution is 2.48. The Labute approximate surface area is 236 Å². The van der Waals surface area contributed by atoms with Gasteiger partial charge in [0.2, 0.25) is 0 Å². The van der Waals surface area contributed by atoms with Crippen LogP contribution in [0.25, 0.3) is 0 Å². The van der Waals surface area contributed by atoms with Gasteiger partial charge < -0.3 is 18.6 Å². The molecule has 2 fully saturated rings. The molecule has 5 atom stereocenters. The van der Waals surface area contributed by atoms with E-state index in [1.54, 1.807) is 12.5 Å². The van der Waals surface area contributed by atoms with E-state index in [4.69, 9.17) is 18.6 Å². The molecule has 0 N–H and O–H groups in total. The maximum atomic E-state index is 11.9.